The summed E-state index contributed by atoms with van der Waals surface area (Å²) in [6.45, 7) is 1.63. The maximum atomic E-state index is 12.1. The van der Waals surface area contributed by atoms with Crippen molar-refractivity contribution >= 4 is 21.4 Å². The van der Waals surface area contributed by atoms with Gasteiger partial charge in [-0.2, -0.15) is 0 Å². The van der Waals surface area contributed by atoms with E-state index in [0.29, 0.717) is 22.9 Å². The highest BCUT2D eigenvalue weighted by atomic mass is 32.2. The number of carbonyl (C=O) groups excluding carboxylic acids is 1. The molecule has 26 heavy (non-hydrogen) atoms. The van der Waals surface area contributed by atoms with Gasteiger partial charge >= 0.3 is 0 Å². The average Bonchev–Trinajstić information content (AvgIpc) is 2.59. The summed E-state index contributed by atoms with van der Waals surface area (Å²) in [5, 5.41) is 2.64. The Morgan fingerprint density at radius 1 is 1.04 bits per heavy atom. The number of hydrogen-bond acceptors (Lipinski definition) is 6. The molecule has 0 saturated heterocycles. The predicted octanol–water partition coefficient (Wildman–Crippen LogP) is 2.43. The smallest absolute Gasteiger partial charge is 0.262 e. The highest BCUT2D eigenvalue weighted by molar-refractivity contribution is 7.90. The molecule has 2 aromatic rings. The van der Waals surface area contributed by atoms with Crippen LogP contribution >= 0.6 is 0 Å². The third kappa shape index (κ3) is 4.89. The first-order valence-corrected chi connectivity index (χ1v) is 9.59. The second-order valence-electron chi connectivity index (χ2n) is 5.63. The zero-order chi connectivity index (χ0) is 19.3. The topological polar surface area (TPSA) is 90.9 Å². The highest BCUT2D eigenvalue weighted by Crippen LogP contribution is 2.38. The van der Waals surface area contributed by atoms with Gasteiger partial charge in [-0.25, -0.2) is 8.42 Å². The fourth-order valence-electron chi connectivity index (χ4n) is 2.27. The van der Waals surface area contributed by atoms with Crippen LogP contribution in [0.3, 0.4) is 0 Å². The van der Waals surface area contributed by atoms with E-state index < -0.39 is 15.7 Å². The first-order chi connectivity index (χ1) is 12.2. The molecule has 0 spiro atoms. The molecular weight excluding hydrogens is 358 g/mol. The van der Waals surface area contributed by atoms with Crippen molar-refractivity contribution in [2.24, 2.45) is 0 Å². The number of benzene rings is 2. The molecule has 140 valence electrons. The molecule has 0 aromatic heterocycles. The number of sulfone groups is 1. The van der Waals surface area contributed by atoms with Crippen molar-refractivity contribution in [2.45, 2.75) is 11.8 Å². The maximum absolute atomic E-state index is 12.1. The van der Waals surface area contributed by atoms with Crippen molar-refractivity contribution < 1.29 is 27.4 Å². The molecule has 0 unspecified atom stereocenters. The molecule has 0 heterocycles. The summed E-state index contributed by atoms with van der Waals surface area (Å²) in [5.41, 5.74) is 1.40. The van der Waals surface area contributed by atoms with Gasteiger partial charge in [0.05, 0.1) is 19.1 Å². The lowest BCUT2D eigenvalue weighted by atomic mass is 10.2. The first kappa shape index (κ1) is 19.6. The van der Waals surface area contributed by atoms with Crippen LogP contribution in [-0.4, -0.2) is 41.4 Å². The minimum absolute atomic E-state index is 0.181. The van der Waals surface area contributed by atoms with Crippen LogP contribution in [0.2, 0.25) is 0 Å². The van der Waals surface area contributed by atoms with E-state index in [2.05, 4.69) is 5.32 Å². The average molecular weight is 379 g/mol. The van der Waals surface area contributed by atoms with Crippen LogP contribution < -0.4 is 19.5 Å². The van der Waals surface area contributed by atoms with Crippen LogP contribution in [0.15, 0.2) is 41.3 Å². The molecule has 8 heteroatoms. The molecule has 0 saturated carbocycles. The fourth-order valence-corrected chi connectivity index (χ4v) is 2.90. The van der Waals surface area contributed by atoms with Gasteiger partial charge in [-0.05, 0) is 48.9 Å². The maximum Gasteiger partial charge on any atom is 0.262 e. The summed E-state index contributed by atoms with van der Waals surface area (Å²) in [5.74, 6) is 0.865. The van der Waals surface area contributed by atoms with Crippen molar-refractivity contribution in [3.63, 3.8) is 0 Å². The number of hydrogen-bond donors (Lipinski definition) is 1. The zero-order valence-electron chi connectivity index (χ0n) is 15.0. The number of methoxy groups -OCH3 is 2. The van der Waals surface area contributed by atoms with Crippen LogP contribution in [0.5, 0.6) is 17.2 Å². The Labute approximate surface area is 152 Å². The fraction of sp³-hybridized carbons (Fsp3) is 0.278. The summed E-state index contributed by atoms with van der Waals surface area (Å²) in [6.07, 6.45) is 1.12. The summed E-state index contributed by atoms with van der Waals surface area (Å²) in [6, 6.07) is 9.44. The number of amides is 1. The summed E-state index contributed by atoms with van der Waals surface area (Å²) >= 11 is 0. The van der Waals surface area contributed by atoms with E-state index >= 15 is 0 Å². The van der Waals surface area contributed by atoms with Crippen LogP contribution in [0.25, 0.3) is 0 Å². The van der Waals surface area contributed by atoms with Crippen molar-refractivity contribution in [1.82, 2.24) is 0 Å². The molecule has 0 fully saturated rings. The second-order valence-corrected chi connectivity index (χ2v) is 7.65. The lowest BCUT2D eigenvalue weighted by Crippen LogP contribution is -2.20. The Morgan fingerprint density at radius 2 is 1.58 bits per heavy atom. The van der Waals surface area contributed by atoms with Gasteiger partial charge < -0.3 is 19.5 Å². The molecule has 1 amide bonds. The summed E-state index contributed by atoms with van der Waals surface area (Å²) in [7, 11) is -0.270. The van der Waals surface area contributed by atoms with Gasteiger partial charge in [-0.15, -0.1) is 0 Å². The quantitative estimate of drug-likeness (QED) is 0.795. The molecule has 0 atom stereocenters. The number of aryl methyl sites for hydroxylation is 1. The third-order valence-electron chi connectivity index (χ3n) is 3.52. The number of nitrogens with one attached hydrogen (secondary N) is 1. The Balaban J connectivity index is 2.05. The third-order valence-corrected chi connectivity index (χ3v) is 4.65. The van der Waals surface area contributed by atoms with Gasteiger partial charge in [0, 0.05) is 11.9 Å². The van der Waals surface area contributed by atoms with Gasteiger partial charge in [0.1, 0.15) is 0 Å². The molecule has 1 N–H and O–H groups in total. The van der Waals surface area contributed by atoms with Crippen molar-refractivity contribution in [2.75, 3.05) is 32.4 Å². The van der Waals surface area contributed by atoms with Crippen LogP contribution in [-0.2, 0) is 14.6 Å². The Morgan fingerprint density at radius 3 is 2.04 bits per heavy atom. The molecule has 0 aliphatic heterocycles. The SMILES string of the molecule is COc1cc(C)cc(OC)c1OCC(=O)Nc1ccc(S(C)(=O)=O)cc1. The Bertz CT molecular complexity index is 865. The van der Waals surface area contributed by atoms with Gasteiger partial charge in [0.2, 0.25) is 5.75 Å². The molecule has 2 aromatic carbocycles. The van der Waals surface area contributed by atoms with E-state index in [0.717, 1.165) is 11.8 Å². The van der Waals surface area contributed by atoms with Gasteiger partial charge in [-0.1, -0.05) is 0 Å². The van der Waals surface area contributed by atoms with E-state index in [1.807, 2.05) is 6.92 Å². The standard InChI is InChI=1S/C18H21NO6S/c1-12-9-15(23-2)18(16(10-12)24-3)25-11-17(20)19-13-5-7-14(8-6-13)26(4,21)22/h5-10H,11H2,1-4H3,(H,19,20). The largest absolute Gasteiger partial charge is 0.493 e. The zero-order valence-corrected chi connectivity index (χ0v) is 15.8. The number of anilines is 1. The first-order valence-electron chi connectivity index (χ1n) is 7.70. The van der Waals surface area contributed by atoms with Crippen LogP contribution in [0, 0.1) is 6.92 Å². The lowest BCUT2D eigenvalue weighted by Gasteiger charge is -2.15. The Hall–Kier alpha value is -2.74. The second kappa shape index (κ2) is 8.09. The van der Waals surface area contributed by atoms with E-state index in [9.17, 15) is 13.2 Å². The number of carbonyl (C=O) groups is 1. The van der Waals surface area contributed by atoms with E-state index in [-0.39, 0.29) is 11.5 Å². The number of rotatable bonds is 7. The monoisotopic (exact) mass is 379 g/mol. The highest BCUT2D eigenvalue weighted by Gasteiger charge is 2.15. The molecule has 0 aliphatic rings. The summed E-state index contributed by atoms with van der Waals surface area (Å²) in [4.78, 5) is 12.3. The van der Waals surface area contributed by atoms with Crippen molar-refractivity contribution in [3.05, 3.63) is 42.0 Å². The Kier molecular flexibility index (Phi) is 6.10. The molecule has 0 aliphatic carbocycles. The normalized spacial score (nSPS) is 10.9. The predicted molar refractivity (Wildman–Crippen MR) is 98.0 cm³/mol. The van der Waals surface area contributed by atoms with Gasteiger partial charge in [0.15, 0.2) is 27.9 Å². The summed E-state index contributed by atoms with van der Waals surface area (Å²) < 4.78 is 39.0. The molecular formula is C18H21NO6S. The minimum atomic E-state index is -3.28. The van der Waals surface area contributed by atoms with Gasteiger partial charge in [-0.3, -0.25) is 4.79 Å². The lowest BCUT2D eigenvalue weighted by molar-refractivity contribution is -0.118. The van der Waals surface area contributed by atoms with Crippen molar-refractivity contribution in [1.29, 1.82) is 0 Å². The van der Waals surface area contributed by atoms with E-state index in [1.54, 1.807) is 12.1 Å². The van der Waals surface area contributed by atoms with Gasteiger partial charge in [0.25, 0.3) is 5.91 Å². The van der Waals surface area contributed by atoms with E-state index in [1.165, 1.54) is 38.5 Å². The number of ether oxygens (including phenoxy) is 3. The van der Waals surface area contributed by atoms with Crippen molar-refractivity contribution in [3.8, 4) is 17.2 Å². The minimum Gasteiger partial charge on any atom is -0.493 e. The molecule has 0 radical (unpaired) electrons. The van der Waals surface area contributed by atoms with E-state index in [4.69, 9.17) is 14.2 Å². The van der Waals surface area contributed by atoms with Crippen LogP contribution in [0.4, 0.5) is 5.69 Å². The molecule has 2 rings (SSSR count). The molecule has 7 nitrogen and oxygen atoms in total. The van der Waals surface area contributed by atoms with Crippen LogP contribution in [0.1, 0.15) is 5.56 Å². The molecule has 0 bridgehead atoms.